The van der Waals surface area contributed by atoms with E-state index in [1.54, 1.807) is 0 Å². The van der Waals surface area contributed by atoms with Gasteiger partial charge in [0, 0.05) is 0 Å². The van der Waals surface area contributed by atoms with Crippen LogP contribution in [0, 0.1) is 6.67 Å². The van der Waals surface area contributed by atoms with Crippen molar-refractivity contribution in [3.8, 4) is 0 Å². The predicted molar refractivity (Wildman–Crippen MR) is 71.2 cm³/mol. The van der Waals surface area contributed by atoms with E-state index in [0.29, 0.717) is 12.1 Å². The first kappa shape index (κ1) is 14.8. The van der Waals surface area contributed by atoms with Gasteiger partial charge in [-0.15, -0.1) is 0 Å². The summed E-state index contributed by atoms with van der Waals surface area (Å²) in [6, 6.07) is 9.80. The van der Waals surface area contributed by atoms with Crippen LogP contribution in [0.4, 0.5) is 11.4 Å². The van der Waals surface area contributed by atoms with Gasteiger partial charge < -0.3 is 9.38 Å². The minimum Gasteiger partial charge on any atom is -0.463 e. The van der Waals surface area contributed by atoms with E-state index < -0.39 is 0 Å². The maximum atomic E-state index is 2.38. The van der Waals surface area contributed by atoms with Gasteiger partial charge in [-0.25, -0.2) is 0 Å². The summed E-state index contributed by atoms with van der Waals surface area (Å²) in [7, 11) is 2.28. The van der Waals surface area contributed by atoms with Crippen molar-refractivity contribution in [2.24, 2.45) is 0 Å². The third kappa shape index (κ3) is 2.32. The summed E-state index contributed by atoms with van der Waals surface area (Å²) in [5, 5.41) is 0. The molecule has 0 amide bonds. The third-order valence-corrected chi connectivity index (χ3v) is 3.67. The summed E-state index contributed by atoms with van der Waals surface area (Å²) in [5.74, 6) is 0. The molecule has 1 heterocycles. The summed E-state index contributed by atoms with van der Waals surface area (Å²) in [6.07, 6.45) is 0. The van der Waals surface area contributed by atoms with Gasteiger partial charge in [0.2, 0.25) is 0 Å². The molecule has 2 rings (SSSR count). The minimum atomic E-state index is 0. The SMILES string of the molecule is CC(C)N1[CH-][N+](C)(C(C)C)c2ccccc21.[Au+]. The fraction of sp³-hybridized carbons (Fsp3) is 0.500. The molecular weight excluding hydrogens is 393 g/mol. The Morgan fingerprint density at radius 3 is 2.24 bits per heavy atom. The van der Waals surface area contributed by atoms with Gasteiger partial charge in [0.05, 0.1) is 18.8 Å². The first-order valence-electron chi connectivity index (χ1n) is 6.06. The van der Waals surface area contributed by atoms with Crippen molar-refractivity contribution in [2.75, 3.05) is 11.9 Å². The zero-order chi connectivity index (χ0) is 11.9. The molecule has 1 unspecified atom stereocenters. The number of hydrogen-bond acceptors (Lipinski definition) is 1. The summed E-state index contributed by atoms with van der Waals surface area (Å²) in [5.41, 5.74) is 2.76. The smallest absolute Gasteiger partial charge is 0.463 e. The van der Waals surface area contributed by atoms with E-state index in [2.05, 4.69) is 70.6 Å². The van der Waals surface area contributed by atoms with E-state index in [1.165, 1.54) is 11.4 Å². The van der Waals surface area contributed by atoms with Crippen LogP contribution in [0.3, 0.4) is 0 Å². The summed E-state index contributed by atoms with van der Waals surface area (Å²) >= 11 is 0. The summed E-state index contributed by atoms with van der Waals surface area (Å²) < 4.78 is 0.897. The number of rotatable bonds is 2. The molecule has 0 saturated carbocycles. The molecule has 0 saturated heterocycles. The number of hydrogen-bond donors (Lipinski definition) is 0. The van der Waals surface area contributed by atoms with Gasteiger partial charge in [-0.3, -0.25) is 0 Å². The molecule has 1 aromatic rings. The minimum absolute atomic E-state index is 0. The number of benzene rings is 1. The first-order chi connectivity index (χ1) is 7.47. The van der Waals surface area contributed by atoms with Crippen LogP contribution in [0.1, 0.15) is 27.7 Å². The van der Waals surface area contributed by atoms with E-state index in [-0.39, 0.29) is 22.4 Å². The van der Waals surface area contributed by atoms with E-state index in [1.807, 2.05) is 0 Å². The second-order valence-corrected chi connectivity index (χ2v) is 5.35. The fourth-order valence-corrected chi connectivity index (χ4v) is 2.30. The van der Waals surface area contributed by atoms with Crippen molar-refractivity contribution in [1.82, 2.24) is 4.48 Å². The van der Waals surface area contributed by atoms with Crippen LogP contribution in [0.2, 0.25) is 0 Å². The van der Waals surface area contributed by atoms with Crippen LogP contribution >= 0.6 is 0 Å². The largest absolute Gasteiger partial charge is 1.00 e. The molecule has 1 aromatic carbocycles. The Morgan fingerprint density at radius 1 is 1.12 bits per heavy atom. The molecule has 0 spiro atoms. The Hall–Kier alpha value is -0.280. The average molecular weight is 415 g/mol. The molecule has 17 heavy (non-hydrogen) atoms. The zero-order valence-corrected chi connectivity index (χ0v) is 13.4. The molecule has 3 heteroatoms. The topological polar surface area (TPSA) is 3.24 Å². The van der Waals surface area contributed by atoms with Crippen LogP contribution in [-0.4, -0.2) is 19.1 Å². The molecule has 1 aliphatic heterocycles. The van der Waals surface area contributed by atoms with Crippen molar-refractivity contribution in [3.63, 3.8) is 0 Å². The predicted octanol–water partition coefficient (Wildman–Crippen LogP) is 3.38. The summed E-state index contributed by atoms with van der Waals surface area (Å²) in [6.45, 7) is 11.4. The van der Waals surface area contributed by atoms with Crippen LogP contribution in [0.15, 0.2) is 24.3 Å². The van der Waals surface area contributed by atoms with Crippen molar-refractivity contribution in [2.45, 2.75) is 39.8 Å². The maximum absolute atomic E-state index is 2.38. The number of quaternary nitrogens is 1. The molecule has 1 aliphatic rings. The standard InChI is InChI=1S/C14H22N2.Au/c1-11(2)15-10-16(5,12(3)4)14-9-7-6-8-13(14)15;/h6-12H,1-5H3;/q;+1. The van der Waals surface area contributed by atoms with Crippen LogP contribution in [-0.2, 0) is 22.4 Å². The fourth-order valence-electron chi connectivity index (χ4n) is 2.30. The van der Waals surface area contributed by atoms with Gasteiger partial charge in [-0.2, -0.15) is 0 Å². The van der Waals surface area contributed by atoms with Crippen molar-refractivity contribution in [1.29, 1.82) is 0 Å². The van der Waals surface area contributed by atoms with Gasteiger partial charge in [0.15, 0.2) is 0 Å². The Kier molecular flexibility index (Phi) is 4.48. The molecule has 0 bridgehead atoms. The Bertz CT molecular complexity index is 390. The molecule has 98 valence electrons. The van der Waals surface area contributed by atoms with Gasteiger partial charge in [0.25, 0.3) is 0 Å². The monoisotopic (exact) mass is 415 g/mol. The number of nitrogens with zero attached hydrogens (tertiary/aromatic N) is 2. The summed E-state index contributed by atoms with van der Waals surface area (Å²) in [4.78, 5) is 2.38. The molecule has 2 nitrogen and oxygen atoms in total. The molecular formula is C14H22AuN2+. The normalized spacial score (nSPS) is 22.9. The van der Waals surface area contributed by atoms with Crippen molar-refractivity contribution < 1.29 is 22.4 Å². The Morgan fingerprint density at radius 2 is 1.71 bits per heavy atom. The number of fused-ring (bicyclic) bond motifs is 1. The van der Waals surface area contributed by atoms with Crippen molar-refractivity contribution in [3.05, 3.63) is 30.9 Å². The number of anilines is 1. The van der Waals surface area contributed by atoms with Gasteiger partial charge in [0.1, 0.15) is 5.69 Å². The molecule has 0 radical (unpaired) electrons. The zero-order valence-electron chi connectivity index (χ0n) is 11.2. The van der Waals surface area contributed by atoms with Crippen LogP contribution < -0.4 is 9.38 Å². The van der Waals surface area contributed by atoms with E-state index in [4.69, 9.17) is 0 Å². The van der Waals surface area contributed by atoms with Crippen molar-refractivity contribution >= 4 is 11.4 Å². The molecule has 0 aliphatic carbocycles. The number of para-hydroxylation sites is 2. The molecule has 1 atom stereocenters. The Balaban J connectivity index is 0.00000144. The van der Waals surface area contributed by atoms with E-state index >= 15 is 0 Å². The first-order valence-corrected chi connectivity index (χ1v) is 6.06. The average Bonchev–Trinajstić information content (AvgIpc) is 2.55. The molecule has 0 aromatic heterocycles. The van der Waals surface area contributed by atoms with E-state index in [9.17, 15) is 0 Å². The second kappa shape index (κ2) is 5.15. The van der Waals surface area contributed by atoms with Crippen LogP contribution in [0.25, 0.3) is 0 Å². The van der Waals surface area contributed by atoms with Gasteiger partial charge in [-0.05, 0) is 52.5 Å². The second-order valence-electron chi connectivity index (χ2n) is 5.35. The quantitative estimate of drug-likeness (QED) is 0.407. The third-order valence-electron chi connectivity index (χ3n) is 3.67. The maximum Gasteiger partial charge on any atom is 1.00 e. The van der Waals surface area contributed by atoms with Gasteiger partial charge >= 0.3 is 22.4 Å². The van der Waals surface area contributed by atoms with Crippen LogP contribution in [0.5, 0.6) is 0 Å². The Labute approximate surface area is 121 Å². The van der Waals surface area contributed by atoms with Gasteiger partial charge in [-0.1, -0.05) is 12.1 Å². The van der Waals surface area contributed by atoms with E-state index in [0.717, 1.165) is 4.48 Å². The molecule has 0 fully saturated rings. The molecule has 0 N–H and O–H groups in total.